The highest BCUT2D eigenvalue weighted by molar-refractivity contribution is 7.90. The molecule has 5 heteroatoms. The number of benzene rings is 1. The van der Waals surface area contributed by atoms with Crippen molar-refractivity contribution in [2.75, 3.05) is 30.0 Å². The molecule has 2 rings (SSSR count). The van der Waals surface area contributed by atoms with Crippen LogP contribution in [0, 0.1) is 0 Å². The highest BCUT2D eigenvalue weighted by Gasteiger charge is 2.17. The summed E-state index contributed by atoms with van der Waals surface area (Å²) >= 11 is 0. The summed E-state index contributed by atoms with van der Waals surface area (Å²) in [5, 5.41) is 6.24. The standard InChI is InChI=1S/C9H12N2O2S/c1-14(12,13)8-4-2-3-7-9(8)11-6-5-10-7/h2-4,10-11H,5-6H2,1H3. The Morgan fingerprint density at radius 2 is 1.93 bits per heavy atom. The van der Waals surface area contributed by atoms with Crippen molar-refractivity contribution in [3.8, 4) is 0 Å². The third kappa shape index (κ3) is 1.55. The molecule has 4 nitrogen and oxygen atoms in total. The van der Waals surface area contributed by atoms with Crippen LogP contribution in [0.15, 0.2) is 23.1 Å². The lowest BCUT2D eigenvalue weighted by Gasteiger charge is -2.21. The van der Waals surface area contributed by atoms with Crippen LogP contribution >= 0.6 is 0 Å². The summed E-state index contributed by atoms with van der Waals surface area (Å²) < 4.78 is 22.9. The molecule has 1 heterocycles. The molecule has 0 saturated heterocycles. The molecular weight excluding hydrogens is 200 g/mol. The highest BCUT2D eigenvalue weighted by Crippen LogP contribution is 2.31. The monoisotopic (exact) mass is 212 g/mol. The quantitative estimate of drug-likeness (QED) is 0.727. The van der Waals surface area contributed by atoms with Gasteiger partial charge in [-0.25, -0.2) is 8.42 Å². The van der Waals surface area contributed by atoms with Gasteiger partial charge >= 0.3 is 0 Å². The van der Waals surface area contributed by atoms with E-state index in [1.807, 2.05) is 6.07 Å². The van der Waals surface area contributed by atoms with E-state index in [9.17, 15) is 8.42 Å². The van der Waals surface area contributed by atoms with Crippen molar-refractivity contribution in [3.05, 3.63) is 18.2 Å². The van der Waals surface area contributed by atoms with Crippen molar-refractivity contribution in [1.29, 1.82) is 0 Å². The Labute approximate surface area is 83.2 Å². The van der Waals surface area contributed by atoms with Crippen molar-refractivity contribution in [2.24, 2.45) is 0 Å². The van der Waals surface area contributed by atoms with Gasteiger partial charge < -0.3 is 10.6 Å². The predicted molar refractivity (Wildman–Crippen MR) is 56.5 cm³/mol. The number of hydrogen-bond acceptors (Lipinski definition) is 4. The molecule has 0 aliphatic carbocycles. The first kappa shape index (κ1) is 9.33. The maximum absolute atomic E-state index is 11.4. The van der Waals surface area contributed by atoms with Crippen LogP contribution in [0.4, 0.5) is 11.4 Å². The van der Waals surface area contributed by atoms with Gasteiger partial charge in [-0.2, -0.15) is 0 Å². The second-order valence-corrected chi connectivity index (χ2v) is 5.29. The number of fused-ring (bicyclic) bond motifs is 1. The number of sulfone groups is 1. The summed E-state index contributed by atoms with van der Waals surface area (Å²) in [4.78, 5) is 0.363. The zero-order valence-corrected chi connectivity index (χ0v) is 8.69. The van der Waals surface area contributed by atoms with Gasteiger partial charge in [-0.3, -0.25) is 0 Å². The lowest BCUT2D eigenvalue weighted by molar-refractivity contribution is 0.602. The Kier molecular flexibility index (Phi) is 2.11. The summed E-state index contributed by atoms with van der Waals surface area (Å²) in [6, 6.07) is 5.24. The average molecular weight is 212 g/mol. The summed E-state index contributed by atoms with van der Waals surface area (Å²) in [6.07, 6.45) is 1.22. The summed E-state index contributed by atoms with van der Waals surface area (Å²) in [7, 11) is -3.15. The van der Waals surface area contributed by atoms with Crippen molar-refractivity contribution in [2.45, 2.75) is 4.90 Å². The molecule has 0 radical (unpaired) electrons. The van der Waals surface area contributed by atoms with Crippen LogP contribution in [0.25, 0.3) is 0 Å². The number of para-hydroxylation sites is 1. The summed E-state index contributed by atoms with van der Waals surface area (Å²) in [6.45, 7) is 1.57. The first-order valence-corrected chi connectivity index (χ1v) is 6.29. The van der Waals surface area contributed by atoms with Gasteiger partial charge in [0.15, 0.2) is 9.84 Å². The van der Waals surface area contributed by atoms with Gasteiger partial charge in [-0.05, 0) is 12.1 Å². The Hall–Kier alpha value is -1.23. The molecule has 0 spiro atoms. The van der Waals surface area contributed by atoms with Gasteiger partial charge in [0.1, 0.15) is 0 Å². The molecule has 0 saturated carbocycles. The van der Waals surface area contributed by atoms with E-state index in [1.54, 1.807) is 12.1 Å². The van der Waals surface area contributed by atoms with E-state index >= 15 is 0 Å². The maximum atomic E-state index is 11.4. The Balaban J connectivity index is 2.62. The molecule has 1 aromatic carbocycles. The van der Waals surface area contributed by atoms with E-state index in [4.69, 9.17) is 0 Å². The minimum atomic E-state index is -3.15. The molecule has 0 atom stereocenters. The zero-order valence-electron chi connectivity index (χ0n) is 7.87. The molecule has 1 aliphatic rings. The second kappa shape index (κ2) is 3.16. The zero-order chi connectivity index (χ0) is 10.2. The van der Waals surface area contributed by atoms with E-state index in [2.05, 4.69) is 10.6 Å². The number of rotatable bonds is 1. The Morgan fingerprint density at radius 3 is 2.64 bits per heavy atom. The van der Waals surface area contributed by atoms with Gasteiger partial charge in [0.25, 0.3) is 0 Å². The SMILES string of the molecule is CS(=O)(=O)c1cccc2c1NCCN2. The van der Waals surface area contributed by atoms with E-state index in [0.717, 1.165) is 18.8 Å². The third-order valence-corrected chi connectivity index (χ3v) is 3.31. The van der Waals surface area contributed by atoms with Gasteiger partial charge in [0.05, 0.1) is 16.3 Å². The molecule has 1 aromatic rings. The summed E-state index contributed by atoms with van der Waals surface area (Å²) in [5.41, 5.74) is 1.56. The van der Waals surface area contributed by atoms with Crippen LogP contribution in [-0.4, -0.2) is 27.8 Å². The molecule has 0 unspecified atom stereocenters. The molecule has 14 heavy (non-hydrogen) atoms. The van der Waals surface area contributed by atoms with Crippen molar-refractivity contribution < 1.29 is 8.42 Å². The van der Waals surface area contributed by atoms with Gasteiger partial charge in [-0.1, -0.05) is 6.07 Å². The van der Waals surface area contributed by atoms with E-state index in [1.165, 1.54) is 6.26 Å². The first-order chi connectivity index (χ1) is 6.59. The Morgan fingerprint density at radius 1 is 1.21 bits per heavy atom. The molecule has 76 valence electrons. The van der Waals surface area contributed by atoms with Crippen LogP contribution in [0.2, 0.25) is 0 Å². The third-order valence-electron chi connectivity index (χ3n) is 2.17. The fraction of sp³-hybridized carbons (Fsp3) is 0.333. The van der Waals surface area contributed by atoms with Gasteiger partial charge in [0.2, 0.25) is 0 Å². The first-order valence-electron chi connectivity index (χ1n) is 4.40. The minimum Gasteiger partial charge on any atom is -0.382 e. The molecule has 1 aliphatic heterocycles. The number of anilines is 2. The highest BCUT2D eigenvalue weighted by atomic mass is 32.2. The molecule has 0 aromatic heterocycles. The van der Waals surface area contributed by atoms with E-state index in [-0.39, 0.29) is 0 Å². The molecule has 2 N–H and O–H groups in total. The van der Waals surface area contributed by atoms with Gasteiger partial charge in [-0.15, -0.1) is 0 Å². The smallest absolute Gasteiger partial charge is 0.177 e. The molecule has 0 fully saturated rings. The average Bonchev–Trinajstić information content (AvgIpc) is 2.15. The fourth-order valence-corrected chi connectivity index (χ4v) is 2.43. The van der Waals surface area contributed by atoms with Crippen LogP contribution in [0.5, 0.6) is 0 Å². The lowest BCUT2D eigenvalue weighted by Crippen LogP contribution is -2.22. The number of hydrogen-bond donors (Lipinski definition) is 2. The summed E-state index contributed by atoms with van der Waals surface area (Å²) in [5.74, 6) is 0. The van der Waals surface area contributed by atoms with E-state index < -0.39 is 9.84 Å². The second-order valence-electron chi connectivity index (χ2n) is 3.30. The fourth-order valence-electron chi connectivity index (χ4n) is 1.55. The van der Waals surface area contributed by atoms with Gasteiger partial charge in [0, 0.05) is 19.3 Å². The lowest BCUT2D eigenvalue weighted by atomic mass is 10.2. The topological polar surface area (TPSA) is 58.2 Å². The van der Waals surface area contributed by atoms with Crippen LogP contribution < -0.4 is 10.6 Å². The largest absolute Gasteiger partial charge is 0.382 e. The normalized spacial score (nSPS) is 15.2. The molecule has 0 amide bonds. The minimum absolute atomic E-state index is 0.363. The van der Waals surface area contributed by atoms with E-state index in [0.29, 0.717) is 10.6 Å². The maximum Gasteiger partial charge on any atom is 0.177 e. The predicted octanol–water partition coefficient (Wildman–Crippen LogP) is 0.927. The number of nitrogens with one attached hydrogen (secondary N) is 2. The molecular formula is C9H12N2O2S. The van der Waals surface area contributed by atoms with Crippen molar-refractivity contribution in [1.82, 2.24) is 0 Å². The Bertz CT molecular complexity index is 454. The van der Waals surface area contributed by atoms with Crippen LogP contribution in [0.1, 0.15) is 0 Å². The van der Waals surface area contributed by atoms with Crippen LogP contribution in [-0.2, 0) is 9.84 Å². The molecule has 0 bridgehead atoms. The van der Waals surface area contributed by atoms with Crippen molar-refractivity contribution in [3.63, 3.8) is 0 Å². The van der Waals surface area contributed by atoms with Crippen LogP contribution in [0.3, 0.4) is 0 Å². The van der Waals surface area contributed by atoms with Crippen molar-refractivity contribution >= 4 is 21.2 Å².